The minimum Gasteiger partial charge on any atom is -0.480 e. The maximum absolute atomic E-state index is 6.38. The zero-order valence-corrected chi connectivity index (χ0v) is 16.9. The lowest BCUT2D eigenvalue weighted by molar-refractivity contribution is -0.231. The third-order valence-corrected chi connectivity index (χ3v) is 6.60. The molecule has 6 heteroatoms. The Morgan fingerprint density at radius 3 is 2.68 bits per heavy atom. The summed E-state index contributed by atoms with van der Waals surface area (Å²) in [5.41, 5.74) is 3.05. The van der Waals surface area contributed by atoms with Gasteiger partial charge in [-0.05, 0) is 36.6 Å². The van der Waals surface area contributed by atoms with Crippen LogP contribution in [0.1, 0.15) is 37.7 Å². The first kappa shape index (κ1) is 18.2. The number of ether oxygens (including phenoxy) is 3. The molecule has 1 saturated carbocycles. The van der Waals surface area contributed by atoms with E-state index in [-0.39, 0.29) is 0 Å². The Kier molecular flexibility index (Phi) is 4.69. The zero-order valence-electron chi connectivity index (χ0n) is 16.1. The van der Waals surface area contributed by atoms with Gasteiger partial charge in [0.05, 0.1) is 13.7 Å². The number of hydrogen-bond acceptors (Lipinski definition) is 5. The quantitative estimate of drug-likeness (QED) is 0.749. The van der Waals surface area contributed by atoms with E-state index >= 15 is 0 Å². The highest BCUT2D eigenvalue weighted by molar-refractivity contribution is 6.32. The van der Waals surface area contributed by atoms with E-state index in [2.05, 4.69) is 22.0 Å². The van der Waals surface area contributed by atoms with Gasteiger partial charge < -0.3 is 14.2 Å². The monoisotopic (exact) mass is 400 g/mol. The van der Waals surface area contributed by atoms with Crippen molar-refractivity contribution in [3.8, 4) is 22.8 Å². The Labute approximate surface area is 170 Å². The fourth-order valence-corrected chi connectivity index (χ4v) is 4.62. The minimum atomic E-state index is -0.459. The maximum atomic E-state index is 6.38. The SMILES string of the molecule is COc1ncc(-c2ccc3c(c2)COC2(CCN(C4CCC4)CC2)O3)cc1Cl. The number of halogens is 1. The molecule has 5 nitrogen and oxygen atoms in total. The number of fused-ring (bicyclic) bond motifs is 1. The summed E-state index contributed by atoms with van der Waals surface area (Å²) in [6.45, 7) is 2.70. The molecule has 3 heterocycles. The van der Waals surface area contributed by atoms with Gasteiger partial charge in [0.15, 0.2) is 0 Å². The van der Waals surface area contributed by atoms with Crippen molar-refractivity contribution < 1.29 is 14.2 Å². The Morgan fingerprint density at radius 2 is 2.00 bits per heavy atom. The van der Waals surface area contributed by atoms with Crippen LogP contribution in [0.2, 0.25) is 5.02 Å². The van der Waals surface area contributed by atoms with Crippen molar-refractivity contribution in [3.05, 3.63) is 41.0 Å². The number of methoxy groups -OCH3 is 1. The van der Waals surface area contributed by atoms with Crippen molar-refractivity contribution in [2.45, 2.75) is 50.5 Å². The minimum absolute atomic E-state index is 0.435. The van der Waals surface area contributed by atoms with Crippen LogP contribution in [0, 0.1) is 0 Å². The average molecular weight is 401 g/mol. The van der Waals surface area contributed by atoms with Crippen molar-refractivity contribution in [2.75, 3.05) is 20.2 Å². The highest BCUT2D eigenvalue weighted by Crippen LogP contribution is 2.40. The van der Waals surface area contributed by atoms with Gasteiger partial charge >= 0.3 is 0 Å². The van der Waals surface area contributed by atoms with E-state index in [1.54, 1.807) is 13.3 Å². The molecule has 3 aliphatic rings. The van der Waals surface area contributed by atoms with Gasteiger partial charge in [-0.25, -0.2) is 4.98 Å². The second kappa shape index (κ2) is 7.21. The first-order valence-electron chi connectivity index (χ1n) is 10.1. The molecule has 1 saturated heterocycles. The molecule has 1 spiro atoms. The number of piperidine rings is 1. The summed E-state index contributed by atoms with van der Waals surface area (Å²) in [5, 5.41) is 0.502. The molecule has 148 valence electrons. The van der Waals surface area contributed by atoms with E-state index in [1.165, 1.54) is 19.3 Å². The third-order valence-electron chi connectivity index (χ3n) is 6.33. The second-order valence-electron chi connectivity index (χ2n) is 7.96. The molecule has 0 radical (unpaired) electrons. The van der Waals surface area contributed by atoms with Crippen molar-refractivity contribution in [1.29, 1.82) is 0 Å². The average Bonchev–Trinajstić information content (AvgIpc) is 2.68. The smallest absolute Gasteiger partial charge is 0.232 e. The van der Waals surface area contributed by atoms with Gasteiger partial charge in [0, 0.05) is 49.3 Å². The van der Waals surface area contributed by atoms with Crippen molar-refractivity contribution in [2.24, 2.45) is 0 Å². The molecule has 2 fully saturated rings. The molecule has 5 rings (SSSR count). The number of hydrogen-bond donors (Lipinski definition) is 0. The number of likely N-dealkylation sites (tertiary alicyclic amines) is 1. The standard InChI is InChI=1S/C22H25ClN2O3/c1-26-21-19(23)12-16(13-24-21)15-5-6-20-17(11-15)14-27-22(28-20)7-9-25(10-8-22)18-3-2-4-18/h5-6,11-13,18H,2-4,7-10,14H2,1H3. The molecule has 0 unspecified atom stereocenters. The van der Waals surface area contributed by atoms with Crippen LogP contribution in [0.15, 0.2) is 30.5 Å². The molecule has 1 aromatic carbocycles. The van der Waals surface area contributed by atoms with Crippen LogP contribution in [0.3, 0.4) is 0 Å². The van der Waals surface area contributed by atoms with Gasteiger partial charge in [0.2, 0.25) is 11.7 Å². The number of benzene rings is 1. The number of rotatable bonds is 3. The van der Waals surface area contributed by atoms with Gasteiger partial charge in [-0.2, -0.15) is 0 Å². The van der Waals surface area contributed by atoms with Crippen LogP contribution in [0.4, 0.5) is 0 Å². The summed E-state index contributed by atoms with van der Waals surface area (Å²) < 4.78 is 17.8. The lowest BCUT2D eigenvalue weighted by Gasteiger charge is -2.47. The summed E-state index contributed by atoms with van der Waals surface area (Å²) >= 11 is 6.23. The van der Waals surface area contributed by atoms with Crippen LogP contribution in [0.25, 0.3) is 11.1 Å². The predicted molar refractivity (Wildman–Crippen MR) is 108 cm³/mol. The van der Waals surface area contributed by atoms with Crippen molar-refractivity contribution >= 4 is 11.6 Å². The largest absolute Gasteiger partial charge is 0.480 e. The van der Waals surface area contributed by atoms with Crippen LogP contribution in [-0.4, -0.2) is 41.9 Å². The first-order chi connectivity index (χ1) is 13.7. The highest BCUT2D eigenvalue weighted by Gasteiger charge is 2.42. The summed E-state index contributed by atoms with van der Waals surface area (Å²) in [4.78, 5) is 6.88. The van der Waals surface area contributed by atoms with Gasteiger partial charge in [-0.15, -0.1) is 0 Å². The van der Waals surface area contributed by atoms with Crippen molar-refractivity contribution in [3.63, 3.8) is 0 Å². The predicted octanol–water partition coefficient (Wildman–Crippen LogP) is 4.66. The maximum Gasteiger partial charge on any atom is 0.232 e. The second-order valence-corrected chi connectivity index (χ2v) is 8.37. The Bertz CT molecular complexity index is 876. The summed E-state index contributed by atoms with van der Waals surface area (Å²) in [6, 6.07) is 8.87. The number of pyridine rings is 1. The topological polar surface area (TPSA) is 43.8 Å². The van der Waals surface area contributed by atoms with Gasteiger partial charge in [-0.1, -0.05) is 24.1 Å². The molecule has 1 aliphatic carbocycles. The molecular formula is C22H25ClN2O3. The van der Waals surface area contributed by atoms with Crippen LogP contribution in [0.5, 0.6) is 11.6 Å². The lowest BCUT2D eigenvalue weighted by Crippen LogP contribution is -2.54. The van der Waals surface area contributed by atoms with Gasteiger partial charge in [-0.3, -0.25) is 4.90 Å². The van der Waals surface area contributed by atoms with Crippen LogP contribution >= 0.6 is 11.6 Å². The van der Waals surface area contributed by atoms with E-state index in [0.717, 1.165) is 54.4 Å². The molecule has 2 aliphatic heterocycles. The summed E-state index contributed by atoms with van der Waals surface area (Å²) in [7, 11) is 1.56. The van der Waals surface area contributed by atoms with Crippen LogP contribution < -0.4 is 9.47 Å². The fraction of sp³-hybridized carbons (Fsp3) is 0.500. The summed E-state index contributed by atoms with van der Waals surface area (Å²) in [6.07, 6.45) is 7.72. The normalized spacial score (nSPS) is 21.6. The Hall–Kier alpha value is -1.82. The molecule has 2 aromatic rings. The summed E-state index contributed by atoms with van der Waals surface area (Å²) in [5.74, 6) is 0.907. The van der Waals surface area contributed by atoms with Crippen LogP contribution in [-0.2, 0) is 11.3 Å². The fourth-order valence-electron chi connectivity index (χ4n) is 4.37. The zero-order chi connectivity index (χ0) is 19.1. The third kappa shape index (κ3) is 3.25. The van der Waals surface area contributed by atoms with Gasteiger partial charge in [0.1, 0.15) is 10.8 Å². The van der Waals surface area contributed by atoms with Gasteiger partial charge in [0.25, 0.3) is 0 Å². The van der Waals surface area contributed by atoms with E-state index in [0.29, 0.717) is 17.5 Å². The molecule has 28 heavy (non-hydrogen) atoms. The molecule has 1 aromatic heterocycles. The number of aromatic nitrogens is 1. The molecular weight excluding hydrogens is 376 g/mol. The van der Waals surface area contributed by atoms with E-state index < -0.39 is 5.79 Å². The molecule has 0 bridgehead atoms. The van der Waals surface area contributed by atoms with E-state index in [9.17, 15) is 0 Å². The number of nitrogens with zero attached hydrogens (tertiary/aromatic N) is 2. The molecule has 0 N–H and O–H groups in total. The Balaban J connectivity index is 1.32. The first-order valence-corrected chi connectivity index (χ1v) is 10.4. The molecule has 0 amide bonds. The Morgan fingerprint density at radius 1 is 1.18 bits per heavy atom. The van der Waals surface area contributed by atoms with E-state index in [4.69, 9.17) is 25.8 Å². The van der Waals surface area contributed by atoms with E-state index in [1.807, 2.05) is 12.1 Å². The highest BCUT2D eigenvalue weighted by atomic mass is 35.5. The molecule has 0 atom stereocenters. The lowest BCUT2D eigenvalue weighted by atomic mass is 9.89. The van der Waals surface area contributed by atoms with Crippen molar-refractivity contribution in [1.82, 2.24) is 9.88 Å².